The van der Waals surface area contributed by atoms with E-state index in [0.29, 0.717) is 11.8 Å². The molecular weight excluding hydrogens is 202 g/mol. The Bertz CT molecular complexity index is 426. The summed E-state index contributed by atoms with van der Waals surface area (Å²) in [6, 6.07) is 4.23. The van der Waals surface area contributed by atoms with Crippen LogP contribution in [0.3, 0.4) is 0 Å². The maximum absolute atomic E-state index is 4.52. The van der Waals surface area contributed by atoms with Crippen molar-refractivity contribution in [2.24, 2.45) is 0 Å². The van der Waals surface area contributed by atoms with Gasteiger partial charge in [-0.2, -0.15) is 0 Å². The molecule has 0 saturated carbocycles. The number of hydrogen-bond acceptors (Lipinski definition) is 2. The monoisotopic (exact) mass is 219 g/mol. The highest BCUT2D eigenvalue weighted by atomic mass is 32.1. The molecule has 0 bridgehead atoms. The van der Waals surface area contributed by atoms with E-state index in [1.54, 1.807) is 0 Å². The van der Waals surface area contributed by atoms with Crippen LogP contribution in [-0.4, -0.2) is 4.98 Å². The van der Waals surface area contributed by atoms with Crippen LogP contribution in [0.1, 0.15) is 49.3 Å². The Balaban J connectivity index is 2.73. The Morgan fingerprint density at radius 2 is 1.73 bits per heavy atom. The van der Waals surface area contributed by atoms with Crippen LogP contribution in [0.5, 0.6) is 0 Å². The first-order chi connectivity index (χ1) is 7.11. The zero-order valence-electron chi connectivity index (χ0n) is 9.74. The number of fused-ring (bicyclic) bond motifs is 1. The van der Waals surface area contributed by atoms with Crippen molar-refractivity contribution in [3.8, 4) is 0 Å². The molecule has 2 aromatic heterocycles. The fourth-order valence-electron chi connectivity index (χ4n) is 1.84. The molecule has 0 saturated heterocycles. The molecular formula is C13H17NS. The quantitative estimate of drug-likeness (QED) is 0.722. The van der Waals surface area contributed by atoms with Crippen LogP contribution in [0.4, 0.5) is 0 Å². The molecule has 0 aromatic carbocycles. The minimum Gasteiger partial charge on any atom is -0.255 e. The van der Waals surface area contributed by atoms with Crippen LogP contribution in [-0.2, 0) is 0 Å². The summed E-state index contributed by atoms with van der Waals surface area (Å²) in [4.78, 5) is 7.42. The van der Waals surface area contributed by atoms with Gasteiger partial charge in [-0.05, 0) is 17.9 Å². The van der Waals surface area contributed by atoms with Gasteiger partial charge in [0.15, 0.2) is 0 Å². The highest BCUT2D eigenvalue weighted by Gasteiger charge is 2.15. The second-order valence-corrected chi connectivity index (χ2v) is 5.62. The van der Waals surface area contributed by atoms with E-state index in [4.69, 9.17) is 0 Å². The summed E-state index contributed by atoms with van der Waals surface area (Å²) in [6.07, 6.45) is 1.89. The van der Waals surface area contributed by atoms with Crippen LogP contribution in [0.2, 0.25) is 0 Å². The molecule has 0 fully saturated rings. The van der Waals surface area contributed by atoms with Gasteiger partial charge in [0, 0.05) is 21.3 Å². The molecule has 2 heteroatoms. The molecule has 0 aliphatic rings. The fourth-order valence-corrected chi connectivity index (χ4v) is 3.08. The molecule has 0 unspecified atom stereocenters. The highest BCUT2D eigenvalue weighted by Crippen LogP contribution is 2.38. The predicted molar refractivity (Wildman–Crippen MR) is 67.8 cm³/mol. The Labute approximate surface area is 95.2 Å². The molecule has 2 rings (SSSR count). The van der Waals surface area contributed by atoms with E-state index in [2.05, 4.69) is 38.7 Å². The number of aromatic nitrogens is 1. The maximum Gasteiger partial charge on any atom is 0.0846 e. The summed E-state index contributed by atoms with van der Waals surface area (Å²) in [5.41, 5.74) is 1.21. The van der Waals surface area contributed by atoms with E-state index in [1.807, 2.05) is 23.6 Å². The molecule has 1 nitrogen and oxygen atoms in total. The molecule has 0 spiro atoms. The molecule has 2 aromatic rings. The molecule has 0 aliphatic heterocycles. The highest BCUT2D eigenvalue weighted by molar-refractivity contribution is 7.13. The van der Waals surface area contributed by atoms with Gasteiger partial charge < -0.3 is 0 Å². The molecule has 0 aliphatic carbocycles. The normalized spacial score (nSPS) is 11.9. The lowest BCUT2D eigenvalue weighted by atomic mass is 10.1. The molecule has 0 radical (unpaired) electrons. The van der Waals surface area contributed by atoms with Crippen LogP contribution in [0.25, 0.3) is 10.9 Å². The number of thiophene rings is 1. The van der Waals surface area contributed by atoms with Gasteiger partial charge in [0.05, 0.1) is 5.52 Å². The largest absolute Gasteiger partial charge is 0.255 e. The molecule has 2 heterocycles. The van der Waals surface area contributed by atoms with Crippen molar-refractivity contribution in [1.82, 2.24) is 4.98 Å². The maximum atomic E-state index is 4.52. The van der Waals surface area contributed by atoms with Gasteiger partial charge in [-0.15, -0.1) is 11.3 Å². The topological polar surface area (TPSA) is 12.9 Å². The van der Waals surface area contributed by atoms with Crippen LogP contribution < -0.4 is 0 Å². The molecule has 0 atom stereocenters. The molecule has 80 valence electrons. The van der Waals surface area contributed by atoms with Gasteiger partial charge >= 0.3 is 0 Å². The first-order valence-electron chi connectivity index (χ1n) is 5.48. The van der Waals surface area contributed by atoms with Gasteiger partial charge in [-0.1, -0.05) is 33.8 Å². The number of rotatable bonds is 2. The van der Waals surface area contributed by atoms with Crippen molar-refractivity contribution in [3.63, 3.8) is 0 Å². The predicted octanol–water partition coefficient (Wildman–Crippen LogP) is 4.54. The summed E-state index contributed by atoms with van der Waals surface area (Å²) in [5, 5.41) is 1.35. The first kappa shape index (κ1) is 10.6. The standard InChI is InChI=1S/C13H17NS/c1-8(2)12-10-6-5-7-14-11(10)13(15-12)9(3)4/h5-9H,1-4H3. The van der Waals surface area contributed by atoms with Crippen molar-refractivity contribution >= 4 is 22.2 Å². The van der Waals surface area contributed by atoms with Crippen molar-refractivity contribution in [3.05, 3.63) is 28.1 Å². The average Bonchev–Trinajstić information content (AvgIpc) is 2.56. The summed E-state index contributed by atoms with van der Waals surface area (Å²) in [6.45, 7) is 8.98. The zero-order valence-corrected chi connectivity index (χ0v) is 10.6. The second-order valence-electron chi connectivity index (χ2n) is 4.54. The van der Waals surface area contributed by atoms with Gasteiger partial charge in [-0.3, -0.25) is 4.98 Å². The van der Waals surface area contributed by atoms with Gasteiger partial charge in [0.2, 0.25) is 0 Å². The fraction of sp³-hybridized carbons (Fsp3) is 0.462. The van der Waals surface area contributed by atoms with E-state index in [1.165, 1.54) is 20.7 Å². The number of hydrogen-bond donors (Lipinski definition) is 0. The van der Waals surface area contributed by atoms with Gasteiger partial charge in [0.25, 0.3) is 0 Å². The van der Waals surface area contributed by atoms with Crippen LogP contribution >= 0.6 is 11.3 Å². The van der Waals surface area contributed by atoms with Gasteiger partial charge in [0.1, 0.15) is 0 Å². The summed E-state index contributed by atoms with van der Waals surface area (Å²) < 4.78 is 0. The van der Waals surface area contributed by atoms with Crippen LogP contribution in [0, 0.1) is 0 Å². The van der Waals surface area contributed by atoms with E-state index < -0.39 is 0 Å². The smallest absolute Gasteiger partial charge is 0.0846 e. The van der Waals surface area contributed by atoms with Crippen molar-refractivity contribution in [1.29, 1.82) is 0 Å². The van der Waals surface area contributed by atoms with E-state index in [-0.39, 0.29) is 0 Å². The Morgan fingerprint density at radius 1 is 1.07 bits per heavy atom. The second kappa shape index (κ2) is 3.93. The first-order valence-corrected chi connectivity index (χ1v) is 6.30. The summed E-state index contributed by atoms with van der Waals surface area (Å²) in [7, 11) is 0. The minimum absolute atomic E-state index is 0.569. The number of pyridine rings is 1. The van der Waals surface area contributed by atoms with Crippen molar-refractivity contribution < 1.29 is 0 Å². The van der Waals surface area contributed by atoms with Crippen molar-refractivity contribution in [2.75, 3.05) is 0 Å². The molecule has 0 N–H and O–H groups in total. The van der Waals surface area contributed by atoms with E-state index in [0.717, 1.165) is 0 Å². The van der Waals surface area contributed by atoms with E-state index >= 15 is 0 Å². The lowest BCUT2D eigenvalue weighted by Gasteiger charge is -2.00. The average molecular weight is 219 g/mol. The molecule has 0 amide bonds. The van der Waals surface area contributed by atoms with Gasteiger partial charge in [-0.25, -0.2) is 0 Å². The third-order valence-corrected chi connectivity index (χ3v) is 4.37. The lowest BCUT2D eigenvalue weighted by Crippen LogP contribution is -1.84. The minimum atomic E-state index is 0.569. The van der Waals surface area contributed by atoms with Crippen LogP contribution in [0.15, 0.2) is 18.3 Å². The number of nitrogens with zero attached hydrogens (tertiary/aromatic N) is 1. The molecule has 15 heavy (non-hydrogen) atoms. The summed E-state index contributed by atoms with van der Waals surface area (Å²) in [5.74, 6) is 1.16. The summed E-state index contributed by atoms with van der Waals surface area (Å²) >= 11 is 1.93. The van der Waals surface area contributed by atoms with Crippen molar-refractivity contribution in [2.45, 2.75) is 39.5 Å². The zero-order chi connectivity index (χ0) is 11.0. The Kier molecular flexibility index (Phi) is 2.79. The lowest BCUT2D eigenvalue weighted by molar-refractivity contribution is 0.891. The third-order valence-electron chi connectivity index (χ3n) is 2.58. The SMILES string of the molecule is CC(C)c1sc(C(C)C)c2ncccc12. The Hall–Kier alpha value is -0.890. The third kappa shape index (κ3) is 1.78. The Morgan fingerprint density at radius 3 is 2.33 bits per heavy atom. The van der Waals surface area contributed by atoms with E-state index in [9.17, 15) is 0 Å².